The topological polar surface area (TPSA) is 55.1 Å². The van der Waals surface area contributed by atoms with E-state index >= 15 is 0 Å². The van der Waals surface area contributed by atoms with Gasteiger partial charge in [0.25, 0.3) is 0 Å². The largest absolute Gasteiger partial charge is 0.391 e. The average Bonchev–Trinajstić information content (AvgIpc) is 2.78. The maximum Gasteiger partial charge on any atom is 0.234 e. The molecule has 3 N–H and O–H groups in total. The van der Waals surface area contributed by atoms with E-state index in [2.05, 4.69) is 18.3 Å². The van der Waals surface area contributed by atoms with Gasteiger partial charge in [-0.15, -0.1) is 11.3 Å². The third-order valence-electron chi connectivity index (χ3n) is 3.76. The van der Waals surface area contributed by atoms with Gasteiger partial charge in [0.05, 0.1) is 10.4 Å². The minimum absolute atomic E-state index is 0.0567. The molecule has 2 aromatic rings. The molecule has 19 heavy (non-hydrogen) atoms. The Kier molecular flexibility index (Phi) is 2.47. The number of aryl methyl sites for hydroxylation is 1. The van der Waals surface area contributed by atoms with Gasteiger partial charge in [-0.3, -0.25) is 4.79 Å². The van der Waals surface area contributed by atoms with Gasteiger partial charge in [-0.1, -0.05) is 6.07 Å². The summed E-state index contributed by atoms with van der Waals surface area (Å²) < 4.78 is 0. The smallest absolute Gasteiger partial charge is 0.234 e. The van der Waals surface area contributed by atoms with Crippen LogP contribution in [-0.2, 0) is 10.2 Å². The van der Waals surface area contributed by atoms with Gasteiger partial charge < -0.3 is 11.1 Å². The van der Waals surface area contributed by atoms with Crippen molar-refractivity contribution >= 4 is 27.9 Å². The first kappa shape index (κ1) is 12.2. The van der Waals surface area contributed by atoms with Crippen LogP contribution >= 0.6 is 11.3 Å². The Bertz CT molecular complexity index is 685. The lowest BCUT2D eigenvalue weighted by molar-refractivity contribution is -0.119. The highest BCUT2D eigenvalue weighted by Crippen LogP contribution is 2.41. The van der Waals surface area contributed by atoms with Crippen molar-refractivity contribution in [2.45, 2.75) is 26.2 Å². The number of carbonyl (C=O) groups excluding carboxylic acids is 1. The van der Waals surface area contributed by atoms with Crippen LogP contribution in [0.2, 0.25) is 0 Å². The Balaban J connectivity index is 2.16. The Hall–Kier alpha value is -1.81. The average molecular weight is 272 g/mol. The van der Waals surface area contributed by atoms with Crippen molar-refractivity contribution in [2.75, 3.05) is 11.1 Å². The molecule has 3 rings (SSSR count). The maximum atomic E-state index is 11.9. The van der Waals surface area contributed by atoms with Crippen LogP contribution in [0.15, 0.2) is 24.3 Å². The highest BCUT2D eigenvalue weighted by molar-refractivity contribution is 7.16. The van der Waals surface area contributed by atoms with Crippen LogP contribution in [0.5, 0.6) is 0 Å². The zero-order valence-electron chi connectivity index (χ0n) is 11.2. The normalized spacial score (nSPS) is 16.3. The molecule has 1 aromatic heterocycles. The summed E-state index contributed by atoms with van der Waals surface area (Å²) in [6.45, 7) is 5.97. The number of hydrogen-bond acceptors (Lipinski definition) is 3. The zero-order valence-corrected chi connectivity index (χ0v) is 12.0. The van der Waals surface area contributed by atoms with Crippen LogP contribution in [-0.4, -0.2) is 5.91 Å². The van der Waals surface area contributed by atoms with Crippen LogP contribution in [0.3, 0.4) is 0 Å². The number of nitrogens with two attached hydrogens (primary N) is 1. The molecule has 2 heterocycles. The van der Waals surface area contributed by atoms with Gasteiger partial charge >= 0.3 is 0 Å². The van der Waals surface area contributed by atoms with E-state index in [1.54, 1.807) is 11.3 Å². The number of rotatable bonds is 1. The molecule has 0 saturated heterocycles. The summed E-state index contributed by atoms with van der Waals surface area (Å²) in [5.41, 5.74) is 9.63. The summed E-state index contributed by atoms with van der Waals surface area (Å²) in [6.07, 6.45) is 0. The van der Waals surface area contributed by atoms with E-state index < -0.39 is 5.41 Å². The van der Waals surface area contributed by atoms with Gasteiger partial charge in [0.2, 0.25) is 5.91 Å². The maximum absolute atomic E-state index is 11.9. The lowest BCUT2D eigenvalue weighted by Crippen LogP contribution is -2.26. The lowest BCUT2D eigenvalue weighted by atomic mass is 9.85. The molecule has 1 amide bonds. The van der Waals surface area contributed by atoms with Crippen LogP contribution in [0.1, 0.15) is 24.3 Å². The van der Waals surface area contributed by atoms with Crippen LogP contribution < -0.4 is 11.1 Å². The van der Waals surface area contributed by atoms with Crippen LogP contribution in [0.4, 0.5) is 10.7 Å². The van der Waals surface area contributed by atoms with E-state index in [-0.39, 0.29) is 5.91 Å². The predicted molar refractivity (Wildman–Crippen MR) is 80.6 cm³/mol. The van der Waals surface area contributed by atoms with E-state index in [1.807, 2.05) is 32.0 Å². The number of nitrogen functional groups attached to an aromatic ring is 1. The summed E-state index contributed by atoms with van der Waals surface area (Å²) in [4.78, 5) is 13.1. The third kappa shape index (κ3) is 1.75. The van der Waals surface area contributed by atoms with Crippen molar-refractivity contribution in [1.29, 1.82) is 0 Å². The number of carbonyl (C=O) groups is 1. The molecule has 3 nitrogen and oxygen atoms in total. The molecular formula is C15H16N2OS. The Morgan fingerprint density at radius 3 is 2.63 bits per heavy atom. The molecule has 0 aliphatic carbocycles. The molecule has 0 fully saturated rings. The molecule has 0 unspecified atom stereocenters. The van der Waals surface area contributed by atoms with Gasteiger partial charge in [-0.05, 0) is 55.7 Å². The number of thiophene rings is 1. The van der Waals surface area contributed by atoms with Crippen molar-refractivity contribution in [3.8, 4) is 11.1 Å². The second-order valence-corrected chi connectivity index (χ2v) is 6.75. The van der Waals surface area contributed by atoms with E-state index in [9.17, 15) is 4.79 Å². The Morgan fingerprint density at radius 2 is 2.00 bits per heavy atom. The van der Waals surface area contributed by atoms with E-state index in [0.717, 1.165) is 27.4 Å². The van der Waals surface area contributed by atoms with Crippen LogP contribution in [0.25, 0.3) is 11.1 Å². The van der Waals surface area contributed by atoms with Gasteiger partial charge in [-0.2, -0.15) is 0 Å². The van der Waals surface area contributed by atoms with Gasteiger partial charge in [0.15, 0.2) is 0 Å². The van der Waals surface area contributed by atoms with E-state index in [4.69, 9.17) is 5.73 Å². The first-order valence-electron chi connectivity index (χ1n) is 6.22. The molecule has 0 radical (unpaired) electrons. The number of fused-ring (bicyclic) bond motifs is 1. The first-order chi connectivity index (χ1) is 8.89. The molecule has 98 valence electrons. The van der Waals surface area contributed by atoms with Crippen molar-refractivity contribution in [3.63, 3.8) is 0 Å². The van der Waals surface area contributed by atoms with Gasteiger partial charge in [0.1, 0.15) is 0 Å². The Labute approximate surface area is 116 Å². The summed E-state index contributed by atoms with van der Waals surface area (Å²) >= 11 is 1.59. The molecule has 0 spiro atoms. The minimum Gasteiger partial charge on any atom is -0.391 e. The summed E-state index contributed by atoms with van der Waals surface area (Å²) in [6, 6.07) is 8.11. The molecular weight excluding hydrogens is 256 g/mol. The molecule has 1 aliphatic heterocycles. The van der Waals surface area contributed by atoms with Crippen molar-refractivity contribution in [1.82, 2.24) is 0 Å². The first-order valence-corrected chi connectivity index (χ1v) is 7.03. The fraction of sp³-hybridized carbons (Fsp3) is 0.267. The predicted octanol–water partition coefficient (Wildman–Crippen LogP) is 3.54. The second kappa shape index (κ2) is 3.84. The SMILES string of the molecule is Cc1sc(N)cc1-c1ccc2c(c1)C(C)(C)C(=O)N2. The molecule has 0 saturated carbocycles. The second-order valence-electron chi connectivity index (χ2n) is 5.46. The summed E-state index contributed by atoms with van der Waals surface area (Å²) in [5, 5.41) is 3.75. The molecule has 4 heteroatoms. The van der Waals surface area contributed by atoms with E-state index in [0.29, 0.717) is 0 Å². The quantitative estimate of drug-likeness (QED) is 0.834. The number of benzene rings is 1. The van der Waals surface area contributed by atoms with Crippen molar-refractivity contribution < 1.29 is 4.79 Å². The molecule has 0 atom stereocenters. The standard InChI is InChI=1S/C15H16N2OS/c1-8-10(7-13(16)19-8)9-4-5-12-11(6-9)15(2,3)14(18)17-12/h4-7H,16H2,1-3H3,(H,17,18). The summed E-state index contributed by atoms with van der Waals surface area (Å²) in [5.74, 6) is 0.0567. The molecule has 1 aliphatic rings. The van der Waals surface area contributed by atoms with Gasteiger partial charge in [-0.25, -0.2) is 0 Å². The van der Waals surface area contributed by atoms with E-state index in [1.165, 1.54) is 4.88 Å². The zero-order chi connectivity index (χ0) is 13.8. The van der Waals surface area contributed by atoms with Gasteiger partial charge in [0, 0.05) is 10.6 Å². The fourth-order valence-corrected chi connectivity index (χ4v) is 3.35. The number of hydrogen-bond donors (Lipinski definition) is 2. The van der Waals surface area contributed by atoms with Crippen molar-refractivity contribution in [3.05, 3.63) is 34.7 Å². The van der Waals surface area contributed by atoms with Crippen LogP contribution in [0, 0.1) is 6.92 Å². The number of amides is 1. The number of nitrogens with one attached hydrogen (secondary N) is 1. The minimum atomic E-state index is -0.471. The molecule has 0 bridgehead atoms. The monoisotopic (exact) mass is 272 g/mol. The summed E-state index contributed by atoms with van der Waals surface area (Å²) in [7, 11) is 0. The van der Waals surface area contributed by atoms with Crippen molar-refractivity contribution in [2.24, 2.45) is 0 Å². The highest BCUT2D eigenvalue weighted by Gasteiger charge is 2.38. The highest BCUT2D eigenvalue weighted by atomic mass is 32.1. The number of anilines is 2. The fourth-order valence-electron chi connectivity index (χ4n) is 2.53. The third-order valence-corrected chi connectivity index (χ3v) is 4.64. The Morgan fingerprint density at radius 1 is 1.26 bits per heavy atom. The lowest BCUT2D eigenvalue weighted by Gasteiger charge is -2.15. The molecule has 1 aromatic carbocycles.